The first-order chi connectivity index (χ1) is 19.2. The van der Waals surface area contributed by atoms with Crippen LogP contribution in [0.2, 0.25) is 10.0 Å². The molecule has 3 aromatic carbocycles. The number of aromatic nitrogens is 2. The van der Waals surface area contributed by atoms with Gasteiger partial charge in [0.1, 0.15) is 0 Å². The number of halogens is 2. The number of amides is 2. The molecule has 204 valence electrons. The predicted molar refractivity (Wildman–Crippen MR) is 157 cm³/mol. The standard InChI is InChI=1S/C30H27Cl2N5O3/c1-18-15-23-26(17-36(18)28(39)20-11-14-24(31)25(32)16-20)34-30(35(3)21-7-5-4-6-8-21)37(29(23)40)22-12-9-19(10-13-22)27(38)33-2/h4-14,16,18H,15,17H2,1-3H3,(H,33,38)/t18-/m1/s1. The molecule has 1 aliphatic rings. The van der Waals surface area contributed by atoms with Crippen molar-refractivity contribution in [3.8, 4) is 5.69 Å². The average molecular weight is 576 g/mol. The summed E-state index contributed by atoms with van der Waals surface area (Å²) in [7, 11) is 3.40. The zero-order valence-corrected chi connectivity index (χ0v) is 23.7. The third-order valence-corrected chi connectivity index (χ3v) is 7.82. The molecule has 0 saturated heterocycles. The number of fused-ring (bicyclic) bond motifs is 1. The topological polar surface area (TPSA) is 87.5 Å². The smallest absolute Gasteiger partial charge is 0.263 e. The van der Waals surface area contributed by atoms with Crippen LogP contribution in [0, 0.1) is 0 Å². The van der Waals surface area contributed by atoms with Gasteiger partial charge in [-0.1, -0.05) is 41.4 Å². The van der Waals surface area contributed by atoms with E-state index in [1.54, 1.807) is 59.0 Å². The summed E-state index contributed by atoms with van der Waals surface area (Å²) in [5, 5.41) is 3.27. The van der Waals surface area contributed by atoms with E-state index >= 15 is 0 Å². The zero-order chi connectivity index (χ0) is 28.6. The highest BCUT2D eigenvalue weighted by molar-refractivity contribution is 6.42. The van der Waals surface area contributed by atoms with Crippen molar-refractivity contribution >= 4 is 46.7 Å². The van der Waals surface area contributed by atoms with Gasteiger partial charge in [0.15, 0.2) is 0 Å². The van der Waals surface area contributed by atoms with Gasteiger partial charge in [0.05, 0.1) is 28.0 Å². The monoisotopic (exact) mass is 575 g/mol. The summed E-state index contributed by atoms with van der Waals surface area (Å²) in [4.78, 5) is 48.2. The Bertz CT molecular complexity index is 1650. The molecular formula is C30H27Cl2N5O3. The lowest BCUT2D eigenvalue weighted by molar-refractivity contribution is 0.0653. The Labute approximate surface area is 241 Å². The summed E-state index contributed by atoms with van der Waals surface area (Å²) >= 11 is 12.2. The third kappa shape index (κ3) is 5.08. The van der Waals surface area contributed by atoms with Gasteiger partial charge in [-0.05, 0) is 67.9 Å². The molecule has 4 aromatic rings. The van der Waals surface area contributed by atoms with Gasteiger partial charge in [0.2, 0.25) is 5.95 Å². The maximum absolute atomic E-state index is 14.1. The summed E-state index contributed by atoms with van der Waals surface area (Å²) in [6.07, 6.45) is 0.333. The van der Waals surface area contributed by atoms with Crippen molar-refractivity contribution in [1.82, 2.24) is 19.8 Å². The number of hydrogen-bond acceptors (Lipinski definition) is 5. The highest BCUT2D eigenvalue weighted by atomic mass is 35.5. The van der Waals surface area contributed by atoms with Crippen molar-refractivity contribution in [3.63, 3.8) is 0 Å². The van der Waals surface area contributed by atoms with Gasteiger partial charge in [-0.15, -0.1) is 0 Å². The lowest BCUT2D eigenvalue weighted by Gasteiger charge is -2.35. The second kappa shape index (κ2) is 11.2. The number of carbonyl (C=O) groups excluding carboxylic acids is 2. The van der Waals surface area contributed by atoms with Crippen LogP contribution in [0.3, 0.4) is 0 Å². The van der Waals surface area contributed by atoms with E-state index in [-0.39, 0.29) is 30.0 Å². The van der Waals surface area contributed by atoms with Gasteiger partial charge in [0, 0.05) is 42.5 Å². The number of hydrogen-bond donors (Lipinski definition) is 1. The second-order valence-electron chi connectivity index (χ2n) is 9.61. The van der Waals surface area contributed by atoms with Crippen molar-refractivity contribution in [2.24, 2.45) is 0 Å². The van der Waals surface area contributed by atoms with E-state index in [9.17, 15) is 14.4 Å². The molecule has 0 radical (unpaired) electrons. The molecule has 0 saturated carbocycles. The molecule has 0 spiro atoms. The normalized spacial score (nSPS) is 14.4. The maximum Gasteiger partial charge on any atom is 0.263 e. The number of anilines is 2. The summed E-state index contributed by atoms with van der Waals surface area (Å²) in [5.41, 5.74) is 3.16. The zero-order valence-electron chi connectivity index (χ0n) is 22.2. The van der Waals surface area contributed by atoms with Crippen LogP contribution in [-0.2, 0) is 13.0 Å². The number of benzene rings is 3. The summed E-state index contributed by atoms with van der Waals surface area (Å²) < 4.78 is 1.56. The van der Waals surface area contributed by atoms with Crippen molar-refractivity contribution in [2.45, 2.75) is 25.9 Å². The molecule has 1 atom stereocenters. The maximum atomic E-state index is 14.1. The fourth-order valence-corrected chi connectivity index (χ4v) is 5.14. The Hall–Kier alpha value is -4.14. The van der Waals surface area contributed by atoms with Gasteiger partial charge < -0.3 is 15.1 Å². The third-order valence-electron chi connectivity index (χ3n) is 7.08. The fraction of sp³-hybridized carbons (Fsp3) is 0.200. The van der Waals surface area contributed by atoms with Gasteiger partial charge in [-0.25, -0.2) is 9.55 Å². The van der Waals surface area contributed by atoms with Gasteiger partial charge >= 0.3 is 0 Å². The number of nitrogens with zero attached hydrogens (tertiary/aromatic N) is 4. The van der Waals surface area contributed by atoms with Crippen molar-refractivity contribution in [1.29, 1.82) is 0 Å². The average Bonchev–Trinajstić information content (AvgIpc) is 2.98. The van der Waals surface area contributed by atoms with Gasteiger partial charge in [0.25, 0.3) is 17.4 Å². The molecule has 0 aliphatic carbocycles. The largest absolute Gasteiger partial charge is 0.355 e. The molecule has 5 rings (SSSR count). The molecule has 1 aliphatic heterocycles. The van der Waals surface area contributed by atoms with E-state index in [0.29, 0.717) is 50.5 Å². The van der Waals surface area contributed by atoms with Crippen LogP contribution in [-0.4, -0.2) is 46.4 Å². The molecule has 1 N–H and O–H groups in total. The van der Waals surface area contributed by atoms with E-state index in [1.165, 1.54) is 0 Å². The first-order valence-electron chi connectivity index (χ1n) is 12.7. The van der Waals surface area contributed by atoms with E-state index in [0.717, 1.165) is 5.69 Å². The lowest BCUT2D eigenvalue weighted by atomic mass is 9.98. The molecule has 8 nitrogen and oxygen atoms in total. The van der Waals surface area contributed by atoms with E-state index in [4.69, 9.17) is 28.2 Å². The molecule has 0 unspecified atom stereocenters. The predicted octanol–water partition coefficient (Wildman–Crippen LogP) is 5.25. The Morgan fingerprint density at radius 3 is 2.30 bits per heavy atom. The molecular weight excluding hydrogens is 549 g/mol. The fourth-order valence-electron chi connectivity index (χ4n) is 4.84. The van der Waals surface area contributed by atoms with E-state index < -0.39 is 0 Å². The van der Waals surface area contributed by atoms with Crippen LogP contribution < -0.4 is 15.8 Å². The van der Waals surface area contributed by atoms with Crippen molar-refractivity contribution < 1.29 is 9.59 Å². The minimum atomic E-state index is -0.259. The van der Waals surface area contributed by atoms with Gasteiger partial charge in [-0.2, -0.15) is 0 Å². The summed E-state index contributed by atoms with van der Waals surface area (Å²) in [6.45, 7) is 2.07. The minimum Gasteiger partial charge on any atom is -0.355 e. The van der Waals surface area contributed by atoms with Gasteiger partial charge in [-0.3, -0.25) is 14.4 Å². The number of para-hydroxylation sites is 1. The minimum absolute atomic E-state index is 0.164. The molecule has 40 heavy (non-hydrogen) atoms. The van der Waals surface area contributed by atoms with Crippen LogP contribution >= 0.6 is 23.2 Å². The van der Waals surface area contributed by atoms with Crippen molar-refractivity contribution in [3.05, 3.63) is 116 Å². The quantitative estimate of drug-likeness (QED) is 0.351. The number of carbonyl (C=O) groups is 2. The Morgan fingerprint density at radius 1 is 0.975 bits per heavy atom. The van der Waals surface area contributed by atoms with Crippen LogP contribution in [0.1, 0.15) is 38.9 Å². The summed E-state index contributed by atoms with van der Waals surface area (Å²) in [5.74, 6) is -0.0470. The van der Waals surface area contributed by atoms with Crippen LogP contribution in [0.25, 0.3) is 5.69 Å². The van der Waals surface area contributed by atoms with Crippen molar-refractivity contribution in [2.75, 3.05) is 19.0 Å². The second-order valence-corrected chi connectivity index (χ2v) is 10.4. The number of rotatable bonds is 5. The van der Waals surface area contributed by atoms with E-state index in [1.807, 2.05) is 49.2 Å². The Balaban J connectivity index is 1.62. The highest BCUT2D eigenvalue weighted by Gasteiger charge is 2.32. The Kier molecular flexibility index (Phi) is 7.65. The molecule has 0 fully saturated rings. The Morgan fingerprint density at radius 2 is 1.65 bits per heavy atom. The van der Waals surface area contributed by atoms with E-state index in [2.05, 4.69) is 5.32 Å². The molecule has 1 aromatic heterocycles. The molecule has 0 bridgehead atoms. The first-order valence-corrected chi connectivity index (χ1v) is 13.5. The van der Waals surface area contributed by atoms with Crippen LogP contribution in [0.4, 0.5) is 11.6 Å². The number of nitrogens with one attached hydrogen (secondary N) is 1. The molecule has 10 heteroatoms. The van der Waals surface area contributed by atoms with Crippen LogP contribution in [0.5, 0.6) is 0 Å². The molecule has 2 amide bonds. The summed E-state index contributed by atoms with van der Waals surface area (Å²) in [6, 6.07) is 20.9. The first kappa shape index (κ1) is 27.4. The SMILES string of the molecule is CNC(=O)c1ccc(-n2c(N(C)c3ccccc3)nc3c(c2=O)C[C@@H](C)N(C(=O)c2ccc(Cl)c(Cl)c2)C3)cc1. The lowest BCUT2D eigenvalue weighted by Crippen LogP contribution is -2.46. The van der Waals surface area contributed by atoms with Crippen LogP contribution in [0.15, 0.2) is 77.6 Å². The molecule has 2 heterocycles. The highest BCUT2D eigenvalue weighted by Crippen LogP contribution is 2.29.